The highest BCUT2D eigenvalue weighted by atomic mass is 19.1. The molecule has 0 bridgehead atoms. The molecule has 21 heavy (non-hydrogen) atoms. The van der Waals surface area contributed by atoms with Crippen LogP contribution in [0.2, 0.25) is 0 Å². The van der Waals surface area contributed by atoms with E-state index in [9.17, 15) is 4.39 Å². The lowest BCUT2D eigenvalue weighted by Gasteiger charge is -2.45. The predicted molar refractivity (Wildman–Crippen MR) is 83.2 cm³/mol. The molecule has 0 aromatic heterocycles. The minimum absolute atomic E-state index is 0.112. The summed E-state index contributed by atoms with van der Waals surface area (Å²) in [4.78, 5) is 0. The Bertz CT molecular complexity index is 476. The van der Waals surface area contributed by atoms with E-state index in [0.29, 0.717) is 18.1 Å². The standard InChI is InChI=1S/C17H27FN2O/c1-4-21-17(9-5-6-12(2)11-17)16(20-19)14-7-8-15(18)13(3)10-14/h7-8,10,12,16,20H,4-6,9,11,19H2,1-3H3. The van der Waals surface area contributed by atoms with Gasteiger partial charge in [0, 0.05) is 6.61 Å². The van der Waals surface area contributed by atoms with Crippen LogP contribution in [-0.2, 0) is 4.74 Å². The Labute approximate surface area is 127 Å². The van der Waals surface area contributed by atoms with Gasteiger partial charge in [-0.3, -0.25) is 11.3 Å². The number of halogens is 1. The van der Waals surface area contributed by atoms with Crippen molar-refractivity contribution in [1.29, 1.82) is 0 Å². The number of hydrazine groups is 1. The number of benzene rings is 1. The fraction of sp³-hybridized carbons (Fsp3) is 0.647. The van der Waals surface area contributed by atoms with E-state index < -0.39 is 0 Å². The Hall–Kier alpha value is -0.970. The minimum Gasteiger partial charge on any atom is -0.373 e. The molecule has 2 rings (SSSR count). The van der Waals surface area contributed by atoms with E-state index in [1.807, 2.05) is 19.1 Å². The zero-order valence-corrected chi connectivity index (χ0v) is 13.3. The van der Waals surface area contributed by atoms with Crippen molar-refractivity contribution < 1.29 is 9.13 Å². The predicted octanol–water partition coefficient (Wildman–Crippen LogP) is 3.62. The van der Waals surface area contributed by atoms with Crippen LogP contribution >= 0.6 is 0 Å². The van der Waals surface area contributed by atoms with Crippen LogP contribution in [0.4, 0.5) is 4.39 Å². The molecule has 0 aliphatic heterocycles. The molecule has 0 saturated heterocycles. The summed E-state index contributed by atoms with van der Waals surface area (Å²) in [5, 5.41) is 0. The number of nitrogens with one attached hydrogen (secondary N) is 1. The van der Waals surface area contributed by atoms with E-state index in [1.54, 1.807) is 6.92 Å². The average molecular weight is 294 g/mol. The molecule has 1 aliphatic carbocycles. The van der Waals surface area contributed by atoms with Crippen molar-refractivity contribution in [3.8, 4) is 0 Å². The van der Waals surface area contributed by atoms with Crippen molar-refractivity contribution in [2.75, 3.05) is 6.61 Å². The van der Waals surface area contributed by atoms with E-state index in [4.69, 9.17) is 10.6 Å². The molecule has 1 saturated carbocycles. The number of ether oxygens (including phenoxy) is 1. The molecule has 3 nitrogen and oxygen atoms in total. The number of hydrogen-bond donors (Lipinski definition) is 2. The SMILES string of the molecule is CCOC1(C(NN)c2ccc(F)c(C)c2)CCCC(C)C1. The van der Waals surface area contributed by atoms with Gasteiger partial charge in [-0.25, -0.2) is 4.39 Å². The Balaban J connectivity index is 2.37. The summed E-state index contributed by atoms with van der Waals surface area (Å²) in [7, 11) is 0. The van der Waals surface area contributed by atoms with Crippen LogP contribution in [0.5, 0.6) is 0 Å². The third-order valence-electron chi connectivity index (χ3n) is 4.63. The smallest absolute Gasteiger partial charge is 0.126 e. The maximum Gasteiger partial charge on any atom is 0.126 e. The summed E-state index contributed by atoms with van der Waals surface area (Å²) in [6.45, 7) is 6.72. The normalized spacial score (nSPS) is 27.6. The van der Waals surface area contributed by atoms with Gasteiger partial charge in [-0.05, 0) is 49.8 Å². The van der Waals surface area contributed by atoms with Crippen molar-refractivity contribution in [3.63, 3.8) is 0 Å². The topological polar surface area (TPSA) is 47.3 Å². The molecule has 1 aromatic carbocycles. The van der Waals surface area contributed by atoms with Crippen molar-refractivity contribution in [2.24, 2.45) is 11.8 Å². The molecule has 3 unspecified atom stereocenters. The summed E-state index contributed by atoms with van der Waals surface area (Å²) in [5.41, 5.74) is 4.27. The number of hydrogen-bond acceptors (Lipinski definition) is 3. The van der Waals surface area contributed by atoms with Crippen LogP contribution in [0.25, 0.3) is 0 Å². The first kappa shape index (κ1) is 16.4. The average Bonchev–Trinajstić information content (AvgIpc) is 2.44. The van der Waals surface area contributed by atoms with Crippen LogP contribution in [0.1, 0.15) is 56.7 Å². The van der Waals surface area contributed by atoms with E-state index in [-0.39, 0.29) is 17.5 Å². The highest BCUT2D eigenvalue weighted by molar-refractivity contribution is 5.29. The molecular weight excluding hydrogens is 267 g/mol. The highest BCUT2D eigenvalue weighted by Gasteiger charge is 2.43. The summed E-state index contributed by atoms with van der Waals surface area (Å²) in [6, 6.07) is 5.09. The molecule has 1 fully saturated rings. The van der Waals surface area contributed by atoms with E-state index >= 15 is 0 Å². The Kier molecular flexibility index (Phi) is 5.36. The Morgan fingerprint density at radius 1 is 1.52 bits per heavy atom. The van der Waals surface area contributed by atoms with Gasteiger partial charge in [0.15, 0.2) is 0 Å². The molecule has 3 atom stereocenters. The molecule has 118 valence electrons. The Morgan fingerprint density at radius 3 is 2.86 bits per heavy atom. The van der Waals surface area contributed by atoms with Gasteiger partial charge in [-0.2, -0.15) is 0 Å². The van der Waals surface area contributed by atoms with Gasteiger partial charge in [0.2, 0.25) is 0 Å². The lowest BCUT2D eigenvalue weighted by molar-refractivity contribution is -0.102. The molecular formula is C17H27FN2O. The molecule has 4 heteroatoms. The molecule has 0 spiro atoms. The highest BCUT2D eigenvalue weighted by Crippen LogP contribution is 2.43. The van der Waals surface area contributed by atoms with Gasteiger partial charge in [0.25, 0.3) is 0 Å². The van der Waals surface area contributed by atoms with Crippen LogP contribution in [0.15, 0.2) is 18.2 Å². The van der Waals surface area contributed by atoms with Gasteiger partial charge < -0.3 is 4.74 Å². The molecule has 3 N–H and O–H groups in total. The first-order chi connectivity index (χ1) is 10.0. The van der Waals surface area contributed by atoms with E-state index in [0.717, 1.165) is 24.8 Å². The lowest BCUT2D eigenvalue weighted by Crippen LogP contribution is -2.51. The van der Waals surface area contributed by atoms with E-state index in [2.05, 4.69) is 12.3 Å². The van der Waals surface area contributed by atoms with Gasteiger partial charge >= 0.3 is 0 Å². The first-order valence-corrected chi connectivity index (χ1v) is 7.88. The fourth-order valence-corrected chi connectivity index (χ4v) is 3.71. The monoisotopic (exact) mass is 294 g/mol. The maximum absolute atomic E-state index is 13.5. The van der Waals surface area contributed by atoms with Crippen LogP contribution in [0.3, 0.4) is 0 Å². The fourth-order valence-electron chi connectivity index (χ4n) is 3.71. The third-order valence-corrected chi connectivity index (χ3v) is 4.63. The first-order valence-electron chi connectivity index (χ1n) is 7.88. The molecule has 1 aromatic rings. The van der Waals surface area contributed by atoms with Crippen molar-refractivity contribution in [3.05, 3.63) is 35.1 Å². The zero-order valence-electron chi connectivity index (χ0n) is 13.3. The van der Waals surface area contributed by atoms with Crippen molar-refractivity contribution in [2.45, 2.75) is 58.1 Å². The molecule has 0 radical (unpaired) electrons. The number of nitrogens with two attached hydrogens (primary N) is 1. The quantitative estimate of drug-likeness (QED) is 0.644. The van der Waals surface area contributed by atoms with Crippen LogP contribution in [-0.4, -0.2) is 12.2 Å². The second-order valence-corrected chi connectivity index (χ2v) is 6.31. The van der Waals surface area contributed by atoms with E-state index in [1.165, 1.54) is 12.5 Å². The molecule has 0 heterocycles. The molecule has 1 aliphatic rings. The number of rotatable bonds is 5. The Morgan fingerprint density at radius 2 is 2.29 bits per heavy atom. The summed E-state index contributed by atoms with van der Waals surface area (Å²) in [6.07, 6.45) is 4.33. The minimum atomic E-state index is -0.300. The van der Waals surface area contributed by atoms with Gasteiger partial charge in [0.1, 0.15) is 5.82 Å². The lowest BCUT2D eigenvalue weighted by atomic mass is 9.72. The molecule has 0 amide bonds. The van der Waals surface area contributed by atoms with Gasteiger partial charge in [-0.15, -0.1) is 0 Å². The third kappa shape index (κ3) is 3.44. The number of aryl methyl sites for hydroxylation is 1. The second kappa shape index (κ2) is 6.86. The van der Waals surface area contributed by atoms with Crippen molar-refractivity contribution in [1.82, 2.24) is 5.43 Å². The summed E-state index contributed by atoms with van der Waals surface area (Å²) in [5.74, 6) is 6.29. The van der Waals surface area contributed by atoms with Gasteiger partial charge in [-0.1, -0.05) is 31.9 Å². The van der Waals surface area contributed by atoms with Crippen LogP contribution < -0.4 is 11.3 Å². The maximum atomic E-state index is 13.5. The summed E-state index contributed by atoms with van der Waals surface area (Å²) >= 11 is 0. The zero-order chi connectivity index (χ0) is 15.5. The van der Waals surface area contributed by atoms with Crippen molar-refractivity contribution >= 4 is 0 Å². The van der Waals surface area contributed by atoms with Crippen LogP contribution in [0, 0.1) is 18.7 Å². The second-order valence-electron chi connectivity index (χ2n) is 6.31. The largest absolute Gasteiger partial charge is 0.373 e. The van der Waals surface area contributed by atoms with Gasteiger partial charge in [0.05, 0.1) is 11.6 Å². The summed E-state index contributed by atoms with van der Waals surface area (Å²) < 4.78 is 19.7.